The van der Waals surface area contributed by atoms with Crippen molar-refractivity contribution in [3.63, 3.8) is 0 Å². The third-order valence-electron chi connectivity index (χ3n) is 2.73. The molecule has 0 unspecified atom stereocenters. The zero-order valence-electron chi connectivity index (χ0n) is 9.44. The number of nitrogens with zero attached hydrogens (tertiary/aromatic N) is 2. The lowest BCUT2D eigenvalue weighted by molar-refractivity contribution is 1.29. The van der Waals surface area contributed by atoms with Gasteiger partial charge in [0.1, 0.15) is 11.5 Å². The first-order valence-electron chi connectivity index (χ1n) is 5.46. The van der Waals surface area contributed by atoms with E-state index in [4.69, 9.17) is 0 Å². The van der Waals surface area contributed by atoms with Gasteiger partial charge in [-0.15, -0.1) is 0 Å². The quantitative estimate of drug-likeness (QED) is 0.703. The molecule has 2 N–H and O–H groups in total. The van der Waals surface area contributed by atoms with E-state index in [1.54, 1.807) is 6.20 Å². The van der Waals surface area contributed by atoms with Gasteiger partial charge in [-0.1, -0.05) is 6.07 Å². The second kappa shape index (κ2) is 3.90. The predicted octanol–water partition coefficient (Wildman–Crippen LogP) is 2.67. The fourth-order valence-electron chi connectivity index (χ4n) is 1.89. The van der Waals surface area contributed by atoms with Crippen molar-refractivity contribution in [2.45, 2.75) is 0 Å². The summed E-state index contributed by atoms with van der Waals surface area (Å²) in [6, 6.07) is 9.90. The van der Waals surface area contributed by atoms with E-state index in [9.17, 15) is 0 Å². The fraction of sp³-hybridized carbons (Fsp3) is 0.0769. The number of aromatic amines is 1. The molecule has 3 aromatic heterocycles. The topological polar surface area (TPSA) is 53.6 Å². The van der Waals surface area contributed by atoms with Crippen LogP contribution in [-0.4, -0.2) is 22.0 Å². The summed E-state index contributed by atoms with van der Waals surface area (Å²) in [6.07, 6.45) is 3.72. The Morgan fingerprint density at radius 1 is 1.18 bits per heavy atom. The van der Waals surface area contributed by atoms with Gasteiger partial charge in [0.2, 0.25) is 0 Å². The maximum atomic E-state index is 4.52. The fourth-order valence-corrected chi connectivity index (χ4v) is 1.89. The van der Waals surface area contributed by atoms with Gasteiger partial charge in [-0.3, -0.25) is 0 Å². The maximum Gasteiger partial charge on any atom is 0.137 e. The Morgan fingerprint density at radius 3 is 3.00 bits per heavy atom. The molecule has 0 saturated heterocycles. The number of nitrogens with one attached hydrogen (secondary N) is 2. The Labute approximate surface area is 98.7 Å². The molecule has 17 heavy (non-hydrogen) atoms. The highest BCUT2D eigenvalue weighted by Crippen LogP contribution is 2.26. The van der Waals surface area contributed by atoms with E-state index in [0.29, 0.717) is 0 Å². The summed E-state index contributed by atoms with van der Waals surface area (Å²) in [6.45, 7) is 0. The van der Waals surface area contributed by atoms with Gasteiger partial charge in [0.05, 0.1) is 5.69 Å². The minimum Gasteiger partial charge on any atom is -0.373 e. The van der Waals surface area contributed by atoms with Gasteiger partial charge in [0, 0.05) is 30.4 Å². The van der Waals surface area contributed by atoms with Gasteiger partial charge in [-0.25, -0.2) is 9.97 Å². The maximum absolute atomic E-state index is 4.52. The normalized spacial score (nSPS) is 10.6. The average molecular weight is 224 g/mol. The van der Waals surface area contributed by atoms with Crippen LogP contribution >= 0.6 is 0 Å². The first-order chi connectivity index (χ1) is 8.38. The van der Waals surface area contributed by atoms with Crippen molar-refractivity contribution in [1.29, 1.82) is 0 Å². The SMILES string of the molecule is CNc1cccc(-c2c[nH]c3ncccc23)n1. The lowest BCUT2D eigenvalue weighted by Gasteiger charge is -2.02. The van der Waals surface area contributed by atoms with Gasteiger partial charge < -0.3 is 10.3 Å². The lowest BCUT2D eigenvalue weighted by Crippen LogP contribution is -1.92. The molecule has 0 amide bonds. The van der Waals surface area contributed by atoms with E-state index >= 15 is 0 Å². The predicted molar refractivity (Wildman–Crippen MR) is 68.9 cm³/mol. The number of anilines is 1. The van der Waals surface area contributed by atoms with E-state index in [-0.39, 0.29) is 0 Å². The zero-order chi connectivity index (χ0) is 11.7. The number of aromatic nitrogens is 3. The summed E-state index contributed by atoms with van der Waals surface area (Å²) < 4.78 is 0. The monoisotopic (exact) mass is 224 g/mol. The van der Waals surface area contributed by atoms with E-state index in [1.165, 1.54) is 0 Å². The van der Waals surface area contributed by atoms with E-state index in [0.717, 1.165) is 28.1 Å². The summed E-state index contributed by atoms with van der Waals surface area (Å²) in [5, 5.41) is 4.13. The number of hydrogen-bond donors (Lipinski definition) is 2. The van der Waals surface area contributed by atoms with Crippen LogP contribution in [0, 0.1) is 0 Å². The number of hydrogen-bond acceptors (Lipinski definition) is 3. The van der Waals surface area contributed by atoms with Gasteiger partial charge in [-0.2, -0.15) is 0 Å². The van der Waals surface area contributed by atoms with Crippen LogP contribution in [0.5, 0.6) is 0 Å². The minimum absolute atomic E-state index is 0.862. The van der Waals surface area contributed by atoms with Crippen molar-refractivity contribution in [3.05, 3.63) is 42.7 Å². The summed E-state index contributed by atoms with van der Waals surface area (Å²) in [5.41, 5.74) is 2.90. The molecule has 0 aliphatic heterocycles. The molecule has 0 bridgehead atoms. The molecule has 3 rings (SSSR count). The molecule has 84 valence electrons. The second-order valence-corrected chi connectivity index (χ2v) is 3.76. The molecule has 3 aromatic rings. The molecule has 0 aliphatic rings. The Morgan fingerprint density at radius 2 is 2.12 bits per heavy atom. The first-order valence-corrected chi connectivity index (χ1v) is 5.46. The van der Waals surface area contributed by atoms with Crippen LogP contribution < -0.4 is 5.32 Å². The molecule has 0 aromatic carbocycles. The van der Waals surface area contributed by atoms with Crippen molar-refractivity contribution in [2.24, 2.45) is 0 Å². The average Bonchev–Trinajstić information content (AvgIpc) is 2.82. The molecule has 0 radical (unpaired) electrons. The molecule has 0 saturated carbocycles. The lowest BCUT2D eigenvalue weighted by atomic mass is 10.1. The highest BCUT2D eigenvalue weighted by atomic mass is 15.0. The highest BCUT2D eigenvalue weighted by Gasteiger charge is 2.07. The Hall–Kier alpha value is -2.36. The largest absolute Gasteiger partial charge is 0.373 e. The smallest absolute Gasteiger partial charge is 0.137 e. The Bertz CT molecular complexity index is 657. The molecule has 0 fully saturated rings. The van der Waals surface area contributed by atoms with Crippen LogP contribution in [-0.2, 0) is 0 Å². The summed E-state index contributed by atoms with van der Waals surface area (Å²) in [4.78, 5) is 11.9. The van der Waals surface area contributed by atoms with Crippen LogP contribution in [0.3, 0.4) is 0 Å². The third-order valence-corrected chi connectivity index (χ3v) is 2.73. The molecule has 4 nitrogen and oxygen atoms in total. The molecular weight excluding hydrogens is 212 g/mol. The van der Waals surface area contributed by atoms with Crippen molar-refractivity contribution in [1.82, 2.24) is 15.0 Å². The third kappa shape index (κ3) is 1.63. The van der Waals surface area contributed by atoms with Crippen LogP contribution in [0.15, 0.2) is 42.7 Å². The summed E-state index contributed by atoms with van der Waals surface area (Å²) in [7, 11) is 1.86. The van der Waals surface area contributed by atoms with Gasteiger partial charge in [0.15, 0.2) is 0 Å². The van der Waals surface area contributed by atoms with Crippen molar-refractivity contribution in [2.75, 3.05) is 12.4 Å². The van der Waals surface area contributed by atoms with Gasteiger partial charge in [0.25, 0.3) is 0 Å². The second-order valence-electron chi connectivity index (χ2n) is 3.76. The van der Waals surface area contributed by atoms with Crippen LogP contribution in [0.4, 0.5) is 5.82 Å². The van der Waals surface area contributed by atoms with E-state index in [2.05, 4.69) is 20.3 Å². The standard InChI is InChI=1S/C13H12N4/c1-14-12-6-2-5-11(17-12)10-8-16-13-9(10)4-3-7-15-13/h2-8H,1H3,(H,14,17)(H,15,16). The molecule has 4 heteroatoms. The van der Waals surface area contributed by atoms with E-state index < -0.39 is 0 Å². The van der Waals surface area contributed by atoms with Crippen molar-refractivity contribution in [3.8, 4) is 11.3 Å². The van der Waals surface area contributed by atoms with Crippen LogP contribution in [0.1, 0.15) is 0 Å². The van der Waals surface area contributed by atoms with E-state index in [1.807, 2.05) is 43.6 Å². The molecule has 0 atom stereocenters. The Kier molecular flexibility index (Phi) is 2.26. The summed E-state index contributed by atoms with van der Waals surface area (Å²) in [5.74, 6) is 0.862. The number of H-pyrrole nitrogens is 1. The highest BCUT2D eigenvalue weighted by molar-refractivity contribution is 5.92. The Balaban J connectivity index is 2.20. The van der Waals surface area contributed by atoms with Gasteiger partial charge >= 0.3 is 0 Å². The van der Waals surface area contributed by atoms with Crippen LogP contribution in [0.2, 0.25) is 0 Å². The molecular formula is C13H12N4. The summed E-state index contributed by atoms with van der Waals surface area (Å²) >= 11 is 0. The number of pyridine rings is 2. The van der Waals surface area contributed by atoms with Crippen LogP contribution in [0.25, 0.3) is 22.3 Å². The molecule has 3 heterocycles. The first kappa shape index (κ1) is 9.84. The van der Waals surface area contributed by atoms with Crippen molar-refractivity contribution < 1.29 is 0 Å². The van der Waals surface area contributed by atoms with Gasteiger partial charge in [-0.05, 0) is 24.3 Å². The zero-order valence-corrected chi connectivity index (χ0v) is 9.44. The number of rotatable bonds is 2. The number of fused-ring (bicyclic) bond motifs is 1. The molecule has 0 spiro atoms. The molecule has 0 aliphatic carbocycles. The minimum atomic E-state index is 0.862. The van der Waals surface area contributed by atoms with Crippen molar-refractivity contribution >= 4 is 16.9 Å².